The molecule has 0 saturated heterocycles. The van der Waals surface area contributed by atoms with Gasteiger partial charge in [0.05, 0.1) is 16.6 Å². The van der Waals surface area contributed by atoms with Crippen LogP contribution in [0.5, 0.6) is 0 Å². The molecule has 16 heavy (non-hydrogen) atoms. The fraction of sp³-hybridized carbons (Fsp3) is 0.0909. The Bertz CT molecular complexity index is 670. The van der Waals surface area contributed by atoms with Gasteiger partial charge in [-0.25, -0.2) is 5.84 Å². The Morgan fingerprint density at radius 2 is 2.06 bits per heavy atom. The van der Waals surface area contributed by atoms with E-state index < -0.39 is 0 Å². The van der Waals surface area contributed by atoms with Crippen molar-refractivity contribution in [1.82, 2.24) is 15.2 Å². The van der Waals surface area contributed by atoms with E-state index in [4.69, 9.17) is 5.84 Å². The molecule has 80 valence electrons. The first-order valence-corrected chi connectivity index (χ1v) is 5.01. The molecule has 0 aliphatic rings. The van der Waals surface area contributed by atoms with Crippen molar-refractivity contribution in [3.05, 3.63) is 30.0 Å². The number of H-pyrrole nitrogens is 1. The number of hydrazine groups is 1. The fourth-order valence-electron chi connectivity index (χ4n) is 1.99. The van der Waals surface area contributed by atoms with Gasteiger partial charge >= 0.3 is 0 Å². The molecule has 2 aromatic heterocycles. The van der Waals surface area contributed by atoms with Crippen LogP contribution in [0.15, 0.2) is 24.3 Å². The highest BCUT2D eigenvalue weighted by molar-refractivity contribution is 6.12. The highest BCUT2D eigenvalue weighted by Gasteiger charge is 2.11. The SMILES string of the molecule is Cc1nnc(NN)c2c1[nH]c1ccccc12. The zero-order valence-corrected chi connectivity index (χ0v) is 8.78. The number of hydrogen-bond acceptors (Lipinski definition) is 4. The minimum absolute atomic E-state index is 0.595. The first kappa shape index (κ1) is 9.11. The van der Waals surface area contributed by atoms with Crippen LogP contribution in [0, 0.1) is 6.92 Å². The summed E-state index contributed by atoms with van der Waals surface area (Å²) in [6, 6.07) is 8.04. The number of aryl methyl sites for hydroxylation is 1. The number of nitrogen functional groups attached to an aromatic ring is 1. The van der Waals surface area contributed by atoms with Crippen LogP contribution < -0.4 is 11.3 Å². The summed E-state index contributed by atoms with van der Waals surface area (Å²) in [6.45, 7) is 1.92. The van der Waals surface area contributed by atoms with E-state index in [1.165, 1.54) is 0 Å². The van der Waals surface area contributed by atoms with Crippen LogP contribution in [0.2, 0.25) is 0 Å². The van der Waals surface area contributed by atoms with Gasteiger partial charge in [-0.05, 0) is 13.0 Å². The average molecular weight is 213 g/mol. The molecule has 0 radical (unpaired) electrons. The largest absolute Gasteiger partial charge is 0.353 e. The molecule has 0 bridgehead atoms. The summed E-state index contributed by atoms with van der Waals surface area (Å²) in [7, 11) is 0. The molecule has 0 saturated carbocycles. The van der Waals surface area contributed by atoms with Gasteiger partial charge in [-0.2, -0.15) is 5.10 Å². The Hall–Kier alpha value is -2.14. The van der Waals surface area contributed by atoms with Crippen LogP contribution in [0.25, 0.3) is 21.8 Å². The lowest BCUT2D eigenvalue weighted by Gasteiger charge is -2.01. The smallest absolute Gasteiger partial charge is 0.172 e. The van der Waals surface area contributed by atoms with Crippen molar-refractivity contribution in [3.63, 3.8) is 0 Å². The number of nitrogens with zero attached hydrogens (tertiary/aromatic N) is 2. The van der Waals surface area contributed by atoms with Gasteiger partial charge in [-0.3, -0.25) is 0 Å². The molecule has 0 amide bonds. The molecule has 0 atom stereocenters. The molecule has 3 aromatic rings. The van der Waals surface area contributed by atoms with E-state index in [9.17, 15) is 0 Å². The van der Waals surface area contributed by atoms with E-state index in [1.807, 2.05) is 31.2 Å². The van der Waals surface area contributed by atoms with Crippen molar-refractivity contribution in [2.24, 2.45) is 5.84 Å². The van der Waals surface area contributed by atoms with Gasteiger partial charge in [0.25, 0.3) is 0 Å². The van der Waals surface area contributed by atoms with E-state index in [0.717, 1.165) is 27.5 Å². The molecule has 4 N–H and O–H groups in total. The van der Waals surface area contributed by atoms with E-state index in [0.29, 0.717) is 5.82 Å². The second-order valence-corrected chi connectivity index (χ2v) is 3.70. The second-order valence-electron chi connectivity index (χ2n) is 3.70. The normalized spacial score (nSPS) is 11.1. The topological polar surface area (TPSA) is 79.6 Å². The van der Waals surface area contributed by atoms with Crippen LogP contribution in [0.3, 0.4) is 0 Å². The maximum atomic E-state index is 5.45. The van der Waals surface area contributed by atoms with Gasteiger partial charge in [-0.1, -0.05) is 18.2 Å². The predicted octanol–water partition coefficient (Wildman–Crippen LogP) is 1.71. The predicted molar refractivity (Wildman–Crippen MR) is 63.9 cm³/mol. The lowest BCUT2D eigenvalue weighted by atomic mass is 10.2. The number of aromatic amines is 1. The maximum absolute atomic E-state index is 5.45. The number of hydrogen-bond donors (Lipinski definition) is 3. The number of fused-ring (bicyclic) bond motifs is 3. The molecule has 0 unspecified atom stereocenters. The van der Waals surface area contributed by atoms with Crippen LogP contribution >= 0.6 is 0 Å². The first-order chi connectivity index (χ1) is 7.81. The molecule has 5 nitrogen and oxygen atoms in total. The summed E-state index contributed by atoms with van der Waals surface area (Å²) in [5, 5.41) is 10.2. The third kappa shape index (κ3) is 1.09. The first-order valence-electron chi connectivity index (χ1n) is 5.01. The van der Waals surface area contributed by atoms with Gasteiger partial charge in [0, 0.05) is 10.9 Å². The lowest BCUT2D eigenvalue weighted by Crippen LogP contribution is -2.10. The summed E-state index contributed by atoms with van der Waals surface area (Å²) in [5.74, 6) is 6.05. The van der Waals surface area contributed by atoms with Crippen molar-refractivity contribution in [1.29, 1.82) is 0 Å². The highest BCUT2D eigenvalue weighted by atomic mass is 15.3. The number of aromatic nitrogens is 3. The molecule has 0 spiro atoms. The fourth-order valence-corrected chi connectivity index (χ4v) is 1.99. The number of anilines is 1. The van der Waals surface area contributed by atoms with E-state index in [-0.39, 0.29) is 0 Å². The van der Waals surface area contributed by atoms with E-state index in [2.05, 4.69) is 20.6 Å². The second kappa shape index (κ2) is 3.18. The maximum Gasteiger partial charge on any atom is 0.172 e. The van der Waals surface area contributed by atoms with Gasteiger partial charge in [0.2, 0.25) is 0 Å². The Labute approximate surface area is 91.6 Å². The summed E-state index contributed by atoms with van der Waals surface area (Å²) >= 11 is 0. The van der Waals surface area contributed by atoms with Gasteiger partial charge in [0.15, 0.2) is 5.82 Å². The van der Waals surface area contributed by atoms with Gasteiger partial charge in [-0.15, -0.1) is 5.10 Å². The summed E-state index contributed by atoms with van der Waals surface area (Å²) in [4.78, 5) is 3.32. The molecule has 1 aromatic carbocycles. The van der Waals surface area contributed by atoms with Gasteiger partial charge in [0.1, 0.15) is 0 Å². The van der Waals surface area contributed by atoms with E-state index in [1.54, 1.807) is 0 Å². The molecule has 0 aliphatic carbocycles. The zero-order chi connectivity index (χ0) is 11.1. The molecule has 2 heterocycles. The molecule has 3 rings (SSSR count). The zero-order valence-electron chi connectivity index (χ0n) is 8.78. The number of benzene rings is 1. The quantitative estimate of drug-likeness (QED) is 0.424. The summed E-state index contributed by atoms with van der Waals surface area (Å²) < 4.78 is 0. The Morgan fingerprint density at radius 3 is 2.88 bits per heavy atom. The van der Waals surface area contributed by atoms with Crippen LogP contribution in [-0.4, -0.2) is 15.2 Å². The monoisotopic (exact) mass is 213 g/mol. The van der Waals surface area contributed by atoms with E-state index >= 15 is 0 Å². The Balaban J connectivity index is 2.59. The number of rotatable bonds is 1. The van der Waals surface area contributed by atoms with Crippen LogP contribution in [0.1, 0.15) is 5.69 Å². The molecular formula is C11H11N5. The highest BCUT2D eigenvalue weighted by Crippen LogP contribution is 2.30. The number of para-hydroxylation sites is 1. The van der Waals surface area contributed by atoms with Crippen molar-refractivity contribution >= 4 is 27.6 Å². The van der Waals surface area contributed by atoms with Crippen LogP contribution in [-0.2, 0) is 0 Å². The van der Waals surface area contributed by atoms with Crippen molar-refractivity contribution in [2.45, 2.75) is 6.92 Å². The Kier molecular flexibility index (Phi) is 1.81. The van der Waals surface area contributed by atoms with Crippen molar-refractivity contribution in [2.75, 3.05) is 5.43 Å². The van der Waals surface area contributed by atoms with Crippen LogP contribution in [0.4, 0.5) is 5.82 Å². The van der Waals surface area contributed by atoms with Gasteiger partial charge < -0.3 is 10.4 Å². The third-order valence-electron chi connectivity index (χ3n) is 2.74. The Morgan fingerprint density at radius 1 is 1.25 bits per heavy atom. The number of nitrogens with one attached hydrogen (secondary N) is 2. The standard InChI is InChI=1S/C11H11N5/c1-6-10-9(11(14-12)16-15-6)7-4-2-3-5-8(7)13-10/h2-5,13H,12H2,1H3,(H,14,16). The summed E-state index contributed by atoms with van der Waals surface area (Å²) in [5.41, 5.74) is 5.49. The molecule has 0 aliphatic heterocycles. The summed E-state index contributed by atoms with van der Waals surface area (Å²) in [6.07, 6.45) is 0. The van der Waals surface area contributed by atoms with Crippen molar-refractivity contribution < 1.29 is 0 Å². The molecule has 5 heteroatoms. The van der Waals surface area contributed by atoms with Crippen molar-refractivity contribution in [3.8, 4) is 0 Å². The lowest BCUT2D eigenvalue weighted by molar-refractivity contribution is 0.993. The minimum Gasteiger partial charge on any atom is -0.353 e. The molecule has 0 fully saturated rings. The average Bonchev–Trinajstić information content (AvgIpc) is 2.70. The minimum atomic E-state index is 0.595. The third-order valence-corrected chi connectivity index (χ3v) is 2.74. The molecular weight excluding hydrogens is 202 g/mol. The number of nitrogens with two attached hydrogens (primary N) is 1.